The van der Waals surface area contributed by atoms with E-state index in [0.717, 1.165) is 12.0 Å². The molecule has 2 N–H and O–H groups in total. The molecule has 0 unspecified atom stereocenters. The number of hydrogen-bond acceptors (Lipinski definition) is 5. The average molecular weight is 407 g/mol. The van der Waals surface area contributed by atoms with Crippen LogP contribution in [0.3, 0.4) is 0 Å². The summed E-state index contributed by atoms with van der Waals surface area (Å²) < 4.78 is 37.5. The predicted molar refractivity (Wildman–Crippen MR) is 107 cm³/mol. The molecule has 0 saturated carbocycles. The topological polar surface area (TPSA) is 93.7 Å². The third-order valence-corrected chi connectivity index (χ3v) is 5.42. The first-order valence-electron chi connectivity index (χ1n) is 9.05. The monoisotopic (exact) mass is 406 g/mol. The van der Waals surface area contributed by atoms with Crippen LogP contribution in [0.5, 0.6) is 5.75 Å². The summed E-state index contributed by atoms with van der Waals surface area (Å²) in [4.78, 5) is 12.2. The molecule has 0 bridgehead atoms. The first-order chi connectivity index (χ1) is 13.5. The molecule has 152 valence electrons. The van der Waals surface area contributed by atoms with Gasteiger partial charge < -0.3 is 14.8 Å². The Morgan fingerprint density at radius 3 is 2.32 bits per heavy atom. The smallest absolute Gasteiger partial charge is 0.251 e. The summed E-state index contributed by atoms with van der Waals surface area (Å²) in [5, 5.41) is 2.82. The minimum absolute atomic E-state index is 0.130. The van der Waals surface area contributed by atoms with E-state index >= 15 is 0 Å². The summed E-state index contributed by atoms with van der Waals surface area (Å²) in [7, 11) is -2.11. The van der Waals surface area contributed by atoms with E-state index in [1.54, 1.807) is 36.4 Å². The molecule has 1 amide bonds. The lowest BCUT2D eigenvalue weighted by molar-refractivity contribution is 0.0944. The van der Waals surface area contributed by atoms with E-state index in [1.807, 2.05) is 6.92 Å². The lowest BCUT2D eigenvalue weighted by atomic mass is 10.1. The SMILES string of the molecule is CCOCCCNC(=O)c1ccc(CNS(=O)(=O)c2ccc(OC)cc2)cc1. The van der Waals surface area contributed by atoms with Crippen LogP contribution in [0.4, 0.5) is 0 Å². The van der Waals surface area contributed by atoms with Crippen LogP contribution in [-0.4, -0.2) is 41.2 Å². The summed E-state index contributed by atoms with van der Waals surface area (Å²) in [5.74, 6) is 0.424. The van der Waals surface area contributed by atoms with Crippen molar-refractivity contribution >= 4 is 15.9 Å². The fraction of sp³-hybridized carbons (Fsp3) is 0.350. The largest absolute Gasteiger partial charge is 0.497 e. The van der Waals surface area contributed by atoms with Crippen LogP contribution >= 0.6 is 0 Å². The molecule has 0 heterocycles. The molecule has 2 aromatic carbocycles. The van der Waals surface area contributed by atoms with E-state index in [9.17, 15) is 13.2 Å². The quantitative estimate of drug-likeness (QED) is 0.559. The van der Waals surface area contributed by atoms with E-state index in [1.165, 1.54) is 19.2 Å². The average Bonchev–Trinajstić information content (AvgIpc) is 2.72. The number of sulfonamides is 1. The second kappa shape index (κ2) is 10.8. The van der Waals surface area contributed by atoms with Gasteiger partial charge in [0.2, 0.25) is 10.0 Å². The van der Waals surface area contributed by atoms with Crippen LogP contribution in [-0.2, 0) is 21.3 Å². The predicted octanol–water partition coefficient (Wildman–Crippen LogP) is 2.33. The highest BCUT2D eigenvalue weighted by molar-refractivity contribution is 7.89. The summed E-state index contributed by atoms with van der Waals surface area (Å²) in [6, 6.07) is 13.0. The van der Waals surface area contributed by atoms with E-state index in [4.69, 9.17) is 9.47 Å². The fourth-order valence-corrected chi connectivity index (χ4v) is 3.43. The highest BCUT2D eigenvalue weighted by atomic mass is 32.2. The zero-order chi connectivity index (χ0) is 20.4. The Bertz CT molecular complexity index is 849. The van der Waals surface area contributed by atoms with Crippen LogP contribution in [0, 0.1) is 0 Å². The number of amides is 1. The van der Waals surface area contributed by atoms with Crippen molar-refractivity contribution in [1.29, 1.82) is 0 Å². The van der Waals surface area contributed by atoms with E-state index < -0.39 is 10.0 Å². The molecule has 2 rings (SSSR count). The fourth-order valence-electron chi connectivity index (χ4n) is 2.41. The van der Waals surface area contributed by atoms with Gasteiger partial charge in [0.25, 0.3) is 5.91 Å². The number of carbonyl (C=O) groups excluding carboxylic acids is 1. The molecule has 28 heavy (non-hydrogen) atoms. The summed E-state index contributed by atoms with van der Waals surface area (Å²) in [6.45, 7) is 3.88. The molecule has 0 fully saturated rings. The minimum Gasteiger partial charge on any atom is -0.497 e. The lowest BCUT2D eigenvalue weighted by Gasteiger charge is -2.09. The van der Waals surface area contributed by atoms with Gasteiger partial charge in [-0.2, -0.15) is 0 Å². The van der Waals surface area contributed by atoms with Crippen LogP contribution < -0.4 is 14.8 Å². The molecule has 0 saturated heterocycles. The molecule has 0 aliphatic rings. The van der Waals surface area contributed by atoms with Crippen LogP contribution in [0.1, 0.15) is 29.3 Å². The van der Waals surface area contributed by atoms with Crippen LogP contribution in [0.25, 0.3) is 0 Å². The molecule has 8 heteroatoms. The van der Waals surface area contributed by atoms with Gasteiger partial charge in [-0.05, 0) is 55.3 Å². The normalized spacial score (nSPS) is 11.2. The molecular weight excluding hydrogens is 380 g/mol. The number of carbonyl (C=O) groups is 1. The number of hydrogen-bond donors (Lipinski definition) is 2. The Labute approximate surface area is 166 Å². The maximum absolute atomic E-state index is 12.3. The zero-order valence-corrected chi connectivity index (χ0v) is 16.9. The van der Waals surface area contributed by atoms with Gasteiger partial charge in [0.15, 0.2) is 0 Å². The lowest BCUT2D eigenvalue weighted by Crippen LogP contribution is -2.25. The Kier molecular flexibility index (Phi) is 8.43. The number of methoxy groups -OCH3 is 1. The second-order valence-electron chi connectivity index (χ2n) is 6.00. The van der Waals surface area contributed by atoms with Crippen molar-refractivity contribution in [2.24, 2.45) is 0 Å². The Balaban J connectivity index is 1.86. The van der Waals surface area contributed by atoms with Crippen molar-refractivity contribution in [1.82, 2.24) is 10.0 Å². The molecule has 7 nitrogen and oxygen atoms in total. The minimum atomic E-state index is -3.63. The van der Waals surface area contributed by atoms with E-state index in [-0.39, 0.29) is 17.3 Å². The van der Waals surface area contributed by atoms with Gasteiger partial charge >= 0.3 is 0 Å². The molecule has 2 aromatic rings. The third-order valence-electron chi connectivity index (χ3n) is 4.01. The Morgan fingerprint density at radius 2 is 1.71 bits per heavy atom. The summed E-state index contributed by atoms with van der Waals surface area (Å²) >= 11 is 0. The van der Waals surface area contributed by atoms with Crippen molar-refractivity contribution in [2.45, 2.75) is 24.8 Å². The molecule has 0 aromatic heterocycles. The van der Waals surface area contributed by atoms with Crippen LogP contribution in [0.15, 0.2) is 53.4 Å². The highest BCUT2D eigenvalue weighted by Crippen LogP contribution is 2.15. The van der Waals surface area contributed by atoms with Crippen molar-refractivity contribution in [2.75, 3.05) is 26.9 Å². The van der Waals surface area contributed by atoms with Crippen molar-refractivity contribution < 1.29 is 22.7 Å². The van der Waals surface area contributed by atoms with Crippen molar-refractivity contribution in [3.05, 3.63) is 59.7 Å². The maximum atomic E-state index is 12.3. The van der Waals surface area contributed by atoms with Crippen molar-refractivity contribution in [3.63, 3.8) is 0 Å². The molecule has 0 radical (unpaired) electrons. The van der Waals surface area contributed by atoms with Gasteiger partial charge in [-0.25, -0.2) is 13.1 Å². The van der Waals surface area contributed by atoms with Gasteiger partial charge in [-0.3, -0.25) is 4.79 Å². The number of rotatable bonds is 11. The summed E-state index contributed by atoms with van der Waals surface area (Å²) in [5.41, 5.74) is 1.28. The Morgan fingerprint density at radius 1 is 1.04 bits per heavy atom. The molecule has 0 spiro atoms. The first-order valence-corrected chi connectivity index (χ1v) is 10.5. The number of benzene rings is 2. The van der Waals surface area contributed by atoms with Gasteiger partial charge in [0.1, 0.15) is 5.75 Å². The first kappa shape index (κ1) is 21.9. The molecule has 0 atom stereocenters. The number of nitrogens with one attached hydrogen (secondary N) is 2. The van der Waals surface area contributed by atoms with Crippen molar-refractivity contribution in [3.8, 4) is 5.75 Å². The molecule has 0 aliphatic carbocycles. The van der Waals surface area contributed by atoms with Gasteiger partial charge in [-0.15, -0.1) is 0 Å². The van der Waals surface area contributed by atoms with Gasteiger partial charge in [0.05, 0.1) is 12.0 Å². The van der Waals surface area contributed by atoms with Crippen LogP contribution in [0.2, 0.25) is 0 Å². The van der Waals surface area contributed by atoms with Gasteiger partial charge in [0, 0.05) is 31.9 Å². The third kappa shape index (κ3) is 6.63. The van der Waals surface area contributed by atoms with E-state index in [0.29, 0.717) is 31.1 Å². The number of ether oxygens (including phenoxy) is 2. The molecular formula is C20H26N2O5S. The maximum Gasteiger partial charge on any atom is 0.251 e. The standard InChI is InChI=1S/C20H26N2O5S/c1-3-27-14-4-13-21-20(23)17-7-5-16(6-8-17)15-22-28(24,25)19-11-9-18(26-2)10-12-19/h5-12,22H,3-4,13-15H2,1-2H3,(H,21,23). The van der Waals surface area contributed by atoms with E-state index in [2.05, 4.69) is 10.0 Å². The van der Waals surface area contributed by atoms with Gasteiger partial charge in [-0.1, -0.05) is 12.1 Å². The highest BCUT2D eigenvalue weighted by Gasteiger charge is 2.14. The Hall–Kier alpha value is -2.42. The molecule has 0 aliphatic heterocycles. The second-order valence-corrected chi connectivity index (χ2v) is 7.77. The zero-order valence-electron chi connectivity index (χ0n) is 16.1. The summed E-state index contributed by atoms with van der Waals surface area (Å²) in [6.07, 6.45) is 0.755.